The van der Waals surface area contributed by atoms with Crippen LogP contribution in [0.25, 0.3) is 75.8 Å². The van der Waals surface area contributed by atoms with Gasteiger partial charge in [-0.1, -0.05) is 269 Å². The molecule has 3 aliphatic rings. The van der Waals surface area contributed by atoms with Crippen LogP contribution in [-0.2, 0) is 5.41 Å². The van der Waals surface area contributed by atoms with Crippen molar-refractivity contribution in [3.63, 3.8) is 0 Å². The van der Waals surface area contributed by atoms with Gasteiger partial charge in [-0.25, -0.2) is 0 Å². The van der Waals surface area contributed by atoms with E-state index in [-0.39, 0.29) is 17.3 Å². The first-order valence-corrected chi connectivity index (χ1v) is 27.5. The van der Waals surface area contributed by atoms with Crippen LogP contribution in [0.5, 0.6) is 23.0 Å². The van der Waals surface area contributed by atoms with Gasteiger partial charge >= 0.3 is 0 Å². The van der Waals surface area contributed by atoms with Crippen molar-refractivity contribution in [2.24, 2.45) is 0 Å². The average Bonchev–Trinajstić information content (AvgIpc) is 3.80. The molecule has 0 saturated carbocycles. The Bertz CT molecular complexity index is 4270. The second kappa shape index (κ2) is 18.8. The van der Waals surface area contributed by atoms with Gasteiger partial charge in [0.1, 0.15) is 23.0 Å². The zero-order valence-electron chi connectivity index (χ0n) is 44.0. The van der Waals surface area contributed by atoms with Crippen molar-refractivity contribution in [1.29, 1.82) is 0 Å². The van der Waals surface area contributed by atoms with E-state index in [2.05, 4.69) is 293 Å². The molecule has 14 aromatic rings. The van der Waals surface area contributed by atoms with Crippen molar-refractivity contribution < 1.29 is 9.47 Å². The van der Waals surface area contributed by atoms with Gasteiger partial charge in [0, 0.05) is 39.5 Å². The predicted octanol–water partition coefficient (Wildman–Crippen LogP) is 20.9. The molecule has 0 atom stereocenters. The molecule has 0 aromatic heterocycles. The van der Waals surface area contributed by atoms with E-state index >= 15 is 0 Å². The van der Waals surface area contributed by atoms with Crippen LogP contribution in [-0.4, -0.2) is 0 Å². The molecule has 2 nitrogen and oxygen atoms in total. The Hall–Kier alpha value is -9.76. The fourth-order valence-corrected chi connectivity index (χ4v) is 13.3. The molecule has 1 aliphatic carbocycles. The van der Waals surface area contributed by atoms with Gasteiger partial charge in [0.2, 0.25) is 0 Å². The monoisotopic (exact) mass is 1010 g/mol. The summed E-state index contributed by atoms with van der Waals surface area (Å²) in [6, 6.07) is 100. The Morgan fingerprint density at radius 3 is 0.861 bits per heavy atom. The van der Waals surface area contributed by atoms with Gasteiger partial charge in [-0.05, 0) is 122 Å². The maximum absolute atomic E-state index is 6.53. The molecule has 0 bridgehead atoms. The van der Waals surface area contributed by atoms with Gasteiger partial charge in [0.15, 0.2) is 0 Å². The van der Waals surface area contributed by atoms with Crippen molar-refractivity contribution in [2.45, 2.75) is 31.1 Å². The highest BCUT2D eigenvalue weighted by atomic mass is 16.5. The van der Waals surface area contributed by atoms with Crippen LogP contribution in [0, 0.1) is 0 Å². The molecule has 0 saturated heterocycles. The summed E-state index contributed by atoms with van der Waals surface area (Å²) in [6.45, 7) is 4.61. The Labute approximate surface area is 460 Å². The van der Waals surface area contributed by atoms with Crippen LogP contribution in [0.2, 0.25) is 0 Å². The molecule has 2 aliphatic heterocycles. The van der Waals surface area contributed by atoms with Gasteiger partial charge in [0.25, 0.3) is 0 Å². The van der Waals surface area contributed by atoms with Crippen molar-refractivity contribution in [3.05, 3.63) is 324 Å². The summed E-state index contributed by atoms with van der Waals surface area (Å²) in [5.41, 5.74) is 13.5. The van der Waals surface area contributed by atoms with Crippen molar-refractivity contribution in [1.82, 2.24) is 0 Å². The Morgan fingerprint density at radius 1 is 0.253 bits per heavy atom. The van der Waals surface area contributed by atoms with E-state index in [1.54, 1.807) is 0 Å². The Morgan fingerprint density at radius 2 is 0.519 bits per heavy atom. The van der Waals surface area contributed by atoms with Crippen LogP contribution in [0.15, 0.2) is 279 Å². The maximum atomic E-state index is 6.53. The van der Waals surface area contributed by atoms with Gasteiger partial charge in [-0.3, -0.25) is 0 Å². The van der Waals surface area contributed by atoms with E-state index in [0.29, 0.717) is 0 Å². The normalized spacial score (nSPS) is 13.6. The topological polar surface area (TPSA) is 18.5 Å². The molecular weight excluding hydrogens is 957 g/mol. The van der Waals surface area contributed by atoms with Gasteiger partial charge < -0.3 is 9.47 Å². The minimum atomic E-state index is 0.0931. The molecule has 79 heavy (non-hydrogen) atoms. The maximum Gasteiger partial charge on any atom is 0.132 e. The molecule has 0 radical (unpaired) electrons. The summed E-state index contributed by atoms with van der Waals surface area (Å²) in [5, 5.41) is 15.0. The standard InChI is InChI=1S/2C31H20O.C15H14/c2*1-2-10-23-19-24(14-13-20(23)7-1)29-30-25-11-5-3-8-21(25)15-17-27(30)32-28-18-16-22-9-4-6-12-26(22)31(28)29;1-15(2)13-9-5-3-7-11(13)12-8-4-6-10-14(12)15/h2*1-19,29H;3-10H,1-2H3. The van der Waals surface area contributed by atoms with E-state index in [0.717, 1.165) is 23.0 Å². The van der Waals surface area contributed by atoms with E-state index in [1.807, 2.05) is 0 Å². The highest BCUT2D eigenvalue weighted by Gasteiger charge is 2.36. The number of hydrogen-bond acceptors (Lipinski definition) is 2. The molecule has 0 unspecified atom stereocenters. The second-order valence-corrected chi connectivity index (χ2v) is 21.8. The van der Waals surface area contributed by atoms with E-state index in [9.17, 15) is 0 Å². The van der Waals surface area contributed by atoms with Crippen molar-refractivity contribution in [2.75, 3.05) is 0 Å². The molecule has 374 valence electrons. The molecule has 0 spiro atoms. The first kappa shape index (κ1) is 46.5. The summed E-state index contributed by atoms with van der Waals surface area (Å²) in [6.07, 6.45) is 0. The zero-order chi connectivity index (χ0) is 52.6. The van der Waals surface area contributed by atoms with Gasteiger partial charge in [0.05, 0.1) is 0 Å². The smallest absolute Gasteiger partial charge is 0.132 e. The number of hydrogen-bond donors (Lipinski definition) is 0. The summed E-state index contributed by atoms with van der Waals surface area (Å²) in [5.74, 6) is 3.98. The molecular formula is C77H54O2. The quantitative estimate of drug-likeness (QED) is 0.172. The SMILES string of the molecule is CC1(C)c2ccccc2-c2ccccc21.c1ccc2cc(C3c4c(ccc5ccccc45)Oc4ccc5ccccc5c43)ccc2c1.c1ccc2cc(C3c4c(ccc5ccccc45)Oc4ccc5ccccc5c43)ccc2c1. The number of ether oxygens (including phenoxy) is 2. The third-order valence-corrected chi connectivity index (χ3v) is 17.0. The number of benzene rings is 14. The molecule has 17 rings (SSSR count). The summed E-state index contributed by atoms with van der Waals surface area (Å²) in [7, 11) is 0. The summed E-state index contributed by atoms with van der Waals surface area (Å²) < 4.78 is 13.1. The predicted molar refractivity (Wildman–Crippen MR) is 330 cm³/mol. The van der Waals surface area contributed by atoms with Crippen molar-refractivity contribution in [3.8, 4) is 34.1 Å². The van der Waals surface area contributed by atoms with E-state index in [4.69, 9.17) is 9.47 Å². The number of rotatable bonds is 2. The minimum absolute atomic E-state index is 0.0931. The third-order valence-electron chi connectivity index (χ3n) is 17.0. The lowest BCUT2D eigenvalue weighted by Crippen LogP contribution is -2.14. The lowest BCUT2D eigenvalue weighted by Gasteiger charge is -2.31. The van der Waals surface area contributed by atoms with Crippen LogP contribution >= 0.6 is 0 Å². The molecule has 0 fully saturated rings. The first-order chi connectivity index (χ1) is 38.9. The average molecular weight is 1010 g/mol. The molecule has 2 heterocycles. The minimum Gasteiger partial charge on any atom is -0.457 e. The largest absolute Gasteiger partial charge is 0.457 e. The van der Waals surface area contributed by atoms with Crippen LogP contribution < -0.4 is 9.47 Å². The van der Waals surface area contributed by atoms with Crippen molar-refractivity contribution >= 4 is 64.6 Å². The molecule has 0 N–H and O–H groups in total. The molecule has 2 heteroatoms. The van der Waals surface area contributed by atoms with Crippen LogP contribution in [0.1, 0.15) is 70.2 Å². The summed E-state index contributed by atoms with van der Waals surface area (Å²) in [4.78, 5) is 0. The third kappa shape index (κ3) is 7.78. The van der Waals surface area contributed by atoms with Crippen LogP contribution in [0.4, 0.5) is 0 Å². The fourth-order valence-electron chi connectivity index (χ4n) is 13.3. The lowest BCUT2D eigenvalue weighted by molar-refractivity contribution is 0.456. The van der Waals surface area contributed by atoms with E-state index in [1.165, 1.54) is 120 Å². The highest BCUT2D eigenvalue weighted by molar-refractivity contribution is 5.98. The van der Waals surface area contributed by atoms with Gasteiger partial charge in [-0.15, -0.1) is 0 Å². The van der Waals surface area contributed by atoms with E-state index < -0.39 is 0 Å². The lowest BCUT2D eigenvalue weighted by atomic mass is 9.78. The Balaban J connectivity index is 0.000000109. The second-order valence-electron chi connectivity index (χ2n) is 21.8. The molecule has 0 amide bonds. The summed E-state index contributed by atoms with van der Waals surface area (Å²) >= 11 is 0. The number of fused-ring (bicyclic) bond motifs is 17. The van der Waals surface area contributed by atoms with Gasteiger partial charge in [-0.2, -0.15) is 0 Å². The van der Waals surface area contributed by atoms with Crippen LogP contribution in [0.3, 0.4) is 0 Å². The Kier molecular flexibility index (Phi) is 11.1. The molecule has 14 aromatic carbocycles. The first-order valence-electron chi connectivity index (χ1n) is 27.5. The highest BCUT2D eigenvalue weighted by Crippen LogP contribution is 2.55. The fraction of sp³-hybridized carbons (Fsp3) is 0.0649. The zero-order valence-corrected chi connectivity index (χ0v) is 44.0.